The molecule has 0 bridgehead atoms. The highest BCUT2D eigenvalue weighted by molar-refractivity contribution is 5.95. The van der Waals surface area contributed by atoms with E-state index >= 15 is 0 Å². The van der Waals surface area contributed by atoms with Crippen molar-refractivity contribution in [3.63, 3.8) is 0 Å². The average molecular weight is 263 g/mol. The molecule has 4 heteroatoms. The molecule has 0 heterocycles. The van der Waals surface area contributed by atoms with Gasteiger partial charge in [0.1, 0.15) is 0 Å². The second-order valence-electron chi connectivity index (χ2n) is 4.71. The van der Waals surface area contributed by atoms with Crippen molar-refractivity contribution in [2.45, 2.75) is 39.5 Å². The Labute approximate surface area is 113 Å². The number of amides is 1. The standard InChI is InChI=1S/C15H21NO3/c1-11-7-6-8-13(12(11)2)15(19)16-10-5-3-4-9-14(17)18/h6-8H,3-5,9-10H2,1-2H3,(H,16,19)(H,17,18). The summed E-state index contributed by atoms with van der Waals surface area (Å²) in [5.41, 5.74) is 2.82. The molecule has 0 saturated heterocycles. The van der Waals surface area contributed by atoms with Gasteiger partial charge < -0.3 is 10.4 Å². The number of aryl methyl sites for hydroxylation is 1. The molecule has 1 aromatic carbocycles. The lowest BCUT2D eigenvalue weighted by molar-refractivity contribution is -0.137. The minimum atomic E-state index is -0.764. The van der Waals surface area contributed by atoms with Gasteiger partial charge in [0.2, 0.25) is 0 Å². The van der Waals surface area contributed by atoms with E-state index in [4.69, 9.17) is 5.11 Å². The van der Waals surface area contributed by atoms with Gasteiger partial charge in [0.25, 0.3) is 5.91 Å². The van der Waals surface area contributed by atoms with E-state index in [0.717, 1.165) is 24.0 Å². The summed E-state index contributed by atoms with van der Waals surface area (Å²) >= 11 is 0. The lowest BCUT2D eigenvalue weighted by Gasteiger charge is -2.09. The minimum Gasteiger partial charge on any atom is -0.481 e. The third-order valence-electron chi connectivity index (χ3n) is 3.20. The maximum absolute atomic E-state index is 12.0. The Morgan fingerprint density at radius 3 is 2.58 bits per heavy atom. The fourth-order valence-corrected chi connectivity index (χ4v) is 1.87. The number of unbranched alkanes of at least 4 members (excludes halogenated alkanes) is 2. The van der Waals surface area contributed by atoms with Crippen LogP contribution >= 0.6 is 0 Å². The first-order valence-corrected chi connectivity index (χ1v) is 6.58. The highest BCUT2D eigenvalue weighted by Crippen LogP contribution is 2.12. The van der Waals surface area contributed by atoms with Gasteiger partial charge in [0.15, 0.2) is 0 Å². The van der Waals surface area contributed by atoms with Gasteiger partial charge in [-0.3, -0.25) is 9.59 Å². The summed E-state index contributed by atoms with van der Waals surface area (Å²) in [7, 11) is 0. The topological polar surface area (TPSA) is 66.4 Å². The Morgan fingerprint density at radius 2 is 1.89 bits per heavy atom. The Bertz CT molecular complexity index is 455. The third kappa shape index (κ3) is 5.12. The van der Waals surface area contributed by atoms with Crippen molar-refractivity contribution in [2.24, 2.45) is 0 Å². The Kier molecular flexibility index (Phi) is 6.06. The molecular weight excluding hydrogens is 242 g/mol. The fraction of sp³-hybridized carbons (Fsp3) is 0.467. The summed E-state index contributed by atoms with van der Waals surface area (Å²) in [6.45, 7) is 4.51. The lowest BCUT2D eigenvalue weighted by Crippen LogP contribution is -2.25. The highest BCUT2D eigenvalue weighted by atomic mass is 16.4. The number of carbonyl (C=O) groups excluding carboxylic acids is 1. The maximum Gasteiger partial charge on any atom is 0.303 e. The van der Waals surface area contributed by atoms with E-state index in [2.05, 4.69) is 5.32 Å². The molecule has 0 aromatic heterocycles. The van der Waals surface area contributed by atoms with Gasteiger partial charge in [-0.2, -0.15) is 0 Å². The van der Waals surface area contributed by atoms with Gasteiger partial charge in [-0.1, -0.05) is 18.6 Å². The van der Waals surface area contributed by atoms with Gasteiger partial charge in [0, 0.05) is 18.5 Å². The molecular formula is C15H21NO3. The molecule has 1 rings (SSSR count). The summed E-state index contributed by atoms with van der Waals surface area (Å²) in [4.78, 5) is 22.3. The zero-order valence-corrected chi connectivity index (χ0v) is 11.5. The van der Waals surface area contributed by atoms with E-state index < -0.39 is 5.97 Å². The van der Waals surface area contributed by atoms with Crippen molar-refractivity contribution in [2.75, 3.05) is 6.54 Å². The summed E-state index contributed by atoms with van der Waals surface area (Å²) in [6.07, 6.45) is 2.49. The van der Waals surface area contributed by atoms with E-state index in [0.29, 0.717) is 18.5 Å². The van der Waals surface area contributed by atoms with Crippen molar-refractivity contribution in [1.82, 2.24) is 5.32 Å². The zero-order valence-electron chi connectivity index (χ0n) is 11.5. The summed E-state index contributed by atoms with van der Waals surface area (Å²) in [5.74, 6) is -0.821. The number of hydrogen-bond acceptors (Lipinski definition) is 2. The largest absolute Gasteiger partial charge is 0.481 e. The van der Waals surface area contributed by atoms with Crippen molar-refractivity contribution in [3.8, 4) is 0 Å². The van der Waals surface area contributed by atoms with Crippen molar-refractivity contribution >= 4 is 11.9 Å². The van der Waals surface area contributed by atoms with Crippen molar-refractivity contribution in [1.29, 1.82) is 0 Å². The fourth-order valence-electron chi connectivity index (χ4n) is 1.87. The highest BCUT2D eigenvalue weighted by Gasteiger charge is 2.08. The predicted octanol–water partition coefficient (Wildman–Crippen LogP) is 2.68. The number of nitrogens with one attached hydrogen (secondary N) is 1. The van der Waals surface area contributed by atoms with Crippen molar-refractivity contribution < 1.29 is 14.7 Å². The molecule has 1 aromatic rings. The van der Waals surface area contributed by atoms with Gasteiger partial charge in [-0.25, -0.2) is 0 Å². The van der Waals surface area contributed by atoms with E-state index in [-0.39, 0.29) is 12.3 Å². The molecule has 2 N–H and O–H groups in total. The van der Waals surface area contributed by atoms with Crippen LogP contribution in [0.1, 0.15) is 47.2 Å². The first-order valence-electron chi connectivity index (χ1n) is 6.58. The zero-order chi connectivity index (χ0) is 14.3. The molecule has 0 aliphatic carbocycles. The molecule has 0 fully saturated rings. The van der Waals surface area contributed by atoms with Crippen LogP contribution in [0.25, 0.3) is 0 Å². The first-order chi connectivity index (χ1) is 9.02. The van der Waals surface area contributed by atoms with E-state index in [1.165, 1.54) is 0 Å². The number of hydrogen-bond donors (Lipinski definition) is 2. The quantitative estimate of drug-likeness (QED) is 0.743. The first kappa shape index (κ1) is 15.2. The molecule has 0 atom stereocenters. The Hall–Kier alpha value is -1.84. The summed E-state index contributed by atoms with van der Waals surface area (Å²) < 4.78 is 0. The Morgan fingerprint density at radius 1 is 1.16 bits per heavy atom. The van der Waals surface area contributed by atoms with Crippen LogP contribution in [-0.4, -0.2) is 23.5 Å². The summed E-state index contributed by atoms with van der Waals surface area (Å²) in [5, 5.41) is 11.4. The van der Waals surface area contributed by atoms with Crippen LogP contribution in [-0.2, 0) is 4.79 Å². The molecule has 0 aliphatic rings. The minimum absolute atomic E-state index is 0.0561. The van der Waals surface area contributed by atoms with Crippen LogP contribution in [0.3, 0.4) is 0 Å². The monoisotopic (exact) mass is 263 g/mol. The van der Waals surface area contributed by atoms with Crippen LogP contribution in [0.4, 0.5) is 0 Å². The maximum atomic E-state index is 12.0. The normalized spacial score (nSPS) is 10.2. The number of benzene rings is 1. The molecule has 4 nitrogen and oxygen atoms in total. The number of carboxylic acids is 1. The van der Waals surface area contributed by atoms with Gasteiger partial charge in [-0.05, 0) is 43.9 Å². The molecule has 0 unspecified atom stereocenters. The number of rotatable bonds is 7. The molecule has 0 aliphatic heterocycles. The molecule has 0 saturated carbocycles. The lowest BCUT2D eigenvalue weighted by atomic mass is 10.0. The third-order valence-corrected chi connectivity index (χ3v) is 3.20. The van der Waals surface area contributed by atoms with Crippen LogP contribution < -0.4 is 5.32 Å². The van der Waals surface area contributed by atoms with Crippen LogP contribution in [0.2, 0.25) is 0 Å². The molecule has 1 amide bonds. The van der Waals surface area contributed by atoms with Gasteiger partial charge in [0.05, 0.1) is 0 Å². The smallest absolute Gasteiger partial charge is 0.303 e. The second kappa shape index (κ2) is 7.56. The van der Waals surface area contributed by atoms with E-state index in [9.17, 15) is 9.59 Å². The average Bonchev–Trinajstić information content (AvgIpc) is 2.36. The van der Waals surface area contributed by atoms with E-state index in [1.54, 1.807) is 0 Å². The number of carboxylic acid groups (broad SMARTS) is 1. The second-order valence-corrected chi connectivity index (χ2v) is 4.71. The molecule has 104 valence electrons. The predicted molar refractivity (Wildman–Crippen MR) is 74.4 cm³/mol. The van der Waals surface area contributed by atoms with Crippen molar-refractivity contribution in [3.05, 3.63) is 34.9 Å². The summed E-state index contributed by atoms with van der Waals surface area (Å²) in [6, 6.07) is 5.68. The van der Waals surface area contributed by atoms with Gasteiger partial charge >= 0.3 is 5.97 Å². The van der Waals surface area contributed by atoms with Crippen LogP contribution in [0.5, 0.6) is 0 Å². The number of aliphatic carboxylic acids is 1. The van der Waals surface area contributed by atoms with Gasteiger partial charge in [-0.15, -0.1) is 0 Å². The SMILES string of the molecule is Cc1cccc(C(=O)NCCCCCC(=O)O)c1C. The van der Waals surface area contributed by atoms with E-state index in [1.807, 2.05) is 32.0 Å². The van der Waals surface area contributed by atoms with Crippen LogP contribution in [0, 0.1) is 13.8 Å². The number of carbonyl (C=O) groups is 2. The van der Waals surface area contributed by atoms with Crippen LogP contribution in [0.15, 0.2) is 18.2 Å². The Balaban J connectivity index is 2.32. The molecule has 19 heavy (non-hydrogen) atoms. The molecule has 0 radical (unpaired) electrons. The molecule has 0 spiro atoms.